The third-order valence-electron chi connectivity index (χ3n) is 15.2. The Labute approximate surface area is 406 Å². The number of hydrogen-bond acceptors (Lipinski definition) is 4. The fraction of sp³-hybridized carbons (Fsp3) is 0.381. The Balaban J connectivity index is 1.33. The van der Waals surface area contributed by atoms with Gasteiger partial charge in [0.1, 0.15) is 23.1 Å². The molecule has 0 N–H and O–H groups in total. The standard InChI is InChI=1S/C63H74N2O3/c1-11-15-18-43(13-3)41-65-60-58-40-51(63(7,8)50-29-34-53(67-10)35-30-50)31-37-56(58)55-36-24-46(45-22-25-48(26-23-45)62(5,6)49-27-32-52(66-9)33-28-49)39-57(55)59(60)64-61(65)47-20-17-21-54(38-47)68-42-44(14-4)19-16-12-2/h17,20-40,43-44H,11-16,18-19,41-42H2,1-10H3. The van der Waals surface area contributed by atoms with Crippen LogP contribution in [-0.2, 0) is 17.4 Å². The van der Waals surface area contributed by atoms with Gasteiger partial charge in [0, 0.05) is 33.7 Å². The topological polar surface area (TPSA) is 45.5 Å². The second kappa shape index (κ2) is 21.1. The van der Waals surface area contributed by atoms with Gasteiger partial charge in [-0.25, -0.2) is 4.98 Å². The summed E-state index contributed by atoms with van der Waals surface area (Å²) in [7, 11) is 3.44. The molecule has 5 nitrogen and oxygen atoms in total. The molecule has 0 spiro atoms. The monoisotopic (exact) mass is 907 g/mol. The van der Waals surface area contributed by atoms with Crippen molar-refractivity contribution in [1.82, 2.24) is 9.55 Å². The van der Waals surface area contributed by atoms with E-state index in [4.69, 9.17) is 19.2 Å². The molecule has 7 aromatic carbocycles. The van der Waals surface area contributed by atoms with Crippen molar-refractivity contribution in [1.29, 1.82) is 0 Å². The predicted molar refractivity (Wildman–Crippen MR) is 288 cm³/mol. The van der Waals surface area contributed by atoms with Gasteiger partial charge < -0.3 is 18.8 Å². The van der Waals surface area contributed by atoms with Gasteiger partial charge in [-0.05, 0) is 117 Å². The number of methoxy groups -OCH3 is 2. The molecule has 0 bridgehead atoms. The van der Waals surface area contributed by atoms with Crippen LogP contribution >= 0.6 is 0 Å². The second-order valence-corrected chi connectivity index (χ2v) is 20.2. The van der Waals surface area contributed by atoms with Gasteiger partial charge in [0.25, 0.3) is 0 Å². The Hall–Kier alpha value is -6.07. The largest absolute Gasteiger partial charge is 0.497 e. The van der Waals surface area contributed by atoms with Crippen molar-refractivity contribution in [2.75, 3.05) is 20.8 Å². The average molecular weight is 907 g/mol. The van der Waals surface area contributed by atoms with Gasteiger partial charge in [-0.3, -0.25) is 0 Å². The molecule has 0 aliphatic rings. The lowest BCUT2D eigenvalue weighted by Gasteiger charge is -2.27. The summed E-state index contributed by atoms with van der Waals surface area (Å²) in [6, 6.07) is 49.1. The minimum atomic E-state index is -0.264. The minimum Gasteiger partial charge on any atom is -0.497 e. The van der Waals surface area contributed by atoms with E-state index in [1.165, 1.54) is 99.0 Å². The summed E-state index contributed by atoms with van der Waals surface area (Å²) in [5.41, 5.74) is 10.3. The molecule has 0 saturated carbocycles. The van der Waals surface area contributed by atoms with E-state index in [2.05, 4.69) is 193 Å². The quantitative estimate of drug-likeness (QED) is 0.0674. The van der Waals surface area contributed by atoms with Crippen molar-refractivity contribution in [2.24, 2.45) is 11.8 Å². The Morgan fingerprint density at radius 2 is 1.03 bits per heavy atom. The molecule has 5 heteroatoms. The van der Waals surface area contributed by atoms with Crippen LogP contribution < -0.4 is 14.2 Å². The Kier molecular flexibility index (Phi) is 15.0. The fourth-order valence-electron chi connectivity index (χ4n) is 10.3. The maximum absolute atomic E-state index is 6.62. The zero-order valence-corrected chi connectivity index (χ0v) is 42.5. The highest BCUT2D eigenvalue weighted by molar-refractivity contribution is 6.24. The molecule has 0 fully saturated rings. The number of nitrogens with zero attached hydrogens (tertiary/aromatic N) is 2. The van der Waals surface area contributed by atoms with Gasteiger partial charge in [-0.1, -0.05) is 179 Å². The minimum absolute atomic E-state index is 0.175. The van der Waals surface area contributed by atoms with Gasteiger partial charge >= 0.3 is 0 Å². The summed E-state index contributed by atoms with van der Waals surface area (Å²) in [4.78, 5) is 5.80. The molecule has 0 amide bonds. The fourth-order valence-corrected chi connectivity index (χ4v) is 10.3. The molecular formula is C63H74N2O3. The lowest BCUT2D eigenvalue weighted by molar-refractivity contribution is 0.233. The van der Waals surface area contributed by atoms with Crippen LogP contribution in [0.3, 0.4) is 0 Å². The summed E-state index contributed by atoms with van der Waals surface area (Å²) < 4.78 is 20.2. The first-order valence-corrected chi connectivity index (χ1v) is 25.5. The molecule has 8 rings (SSSR count). The molecule has 0 aliphatic carbocycles. The Morgan fingerprint density at radius 3 is 1.62 bits per heavy atom. The number of unbranched alkanes of at least 4 members (excludes halogenated alkanes) is 2. The van der Waals surface area contributed by atoms with E-state index < -0.39 is 0 Å². The van der Waals surface area contributed by atoms with Crippen LogP contribution in [0.15, 0.2) is 133 Å². The highest BCUT2D eigenvalue weighted by Gasteiger charge is 2.28. The van der Waals surface area contributed by atoms with E-state index >= 15 is 0 Å². The SMILES string of the molecule is CCCCC(CC)COc1cccc(-c2nc3c4cc(-c5ccc(C(C)(C)c6ccc(OC)cc6)cc5)ccc4c4ccc(C(C)(C)c5ccc(OC)cc5)cc4c3n2CC(CC)CCCC)c1. The molecule has 8 aromatic rings. The van der Waals surface area contributed by atoms with E-state index in [1.807, 2.05) is 0 Å². The summed E-state index contributed by atoms with van der Waals surface area (Å²) in [5.74, 6) is 4.70. The number of imidazole rings is 1. The zero-order valence-electron chi connectivity index (χ0n) is 42.5. The van der Waals surface area contributed by atoms with E-state index in [1.54, 1.807) is 14.2 Å². The van der Waals surface area contributed by atoms with Crippen LogP contribution in [0.4, 0.5) is 0 Å². The molecule has 0 radical (unpaired) electrons. The number of ether oxygens (including phenoxy) is 3. The maximum Gasteiger partial charge on any atom is 0.141 e. The first-order chi connectivity index (χ1) is 32.9. The smallest absolute Gasteiger partial charge is 0.141 e. The van der Waals surface area contributed by atoms with Crippen LogP contribution in [0.2, 0.25) is 0 Å². The second-order valence-electron chi connectivity index (χ2n) is 20.2. The van der Waals surface area contributed by atoms with Crippen LogP contribution in [0, 0.1) is 11.8 Å². The summed E-state index contributed by atoms with van der Waals surface area (Å²) in [5, 5.41) is 4.87. The number of rotatable bonds is 21. The zero-order chi connectivity index (χ0) is 48.0. The van der Waals surface area contributed by atoms with Gasteiger partial charge in [0.15, 0.2) is 0 Å². The van der Waals surface area contributed by atoms with Crippen LogP contribution in [-0.4, -0.2) is 30.4 Å². The summed E-state index contributed by atoms with van der Waals surface area (Å²) >= 11 is 0. The average Bonchev–Trinajstić information content (AvgIpc) is 3.76. The normalized spacial score (nSPS) is 13.0. The third kappa shape index (κ3) is 9.91. The van der Waals surface area contributed by atoms with Crippen LogP contribution in [0.25, 0.3) is 55.1 Å². The molecular weight excluding hydrogens is 833 g/mol. The van der Waals surface area contributed by atoms with Crippen LogP contribution in [0.5, 0.6) is 17.2 Å². The molecule has 1 aromatic heterocycles. The van der Waals surface area contributed by atoms with Crippen molar-refractivity contribution >= 4 is 32.6 Å². The molecule has 0 aliphatic heterocycles. The lowest BCUT2D eigenvalue weighted by Crippen LogP contribution is -2.18. The first-order valence-electron chi connectivity index (χ1n) is 25.5. The van der Waals surface area contributed by atoms with Crippen LogP contribution in [0.1, 0.15) is 129 Å². The predicted octanol–water partition coefficient (Wildman–Crippen LogP) is 17.2. The molecule has 2 unspecified atom stereocenters. The molecule has 354 valence electrons. The van der Waals surface area contributed by atoms with Gasteiger partial charge in [0.2, 0.25) is 0 Å². The Morgan fingerprint density at radius 1 is 0.500 bits per heavy atom. The highest BCUT2D eigenvalue weighted by Crippen LogP contribution is 2.43. The number of fused-ring (bicyclic) bond motifs is 6. The van der Waals surface area contributed by atoms with E-state index in [9.17, 15) is 0 Å². The molecule has 1 heterocycles. The lowest BCUT2D eigenvalue weighted by atomic mass is 9.77. The van der Waals surface area contributed by atoms with Crippen molar-refractivity contribution < 1.29 is 14.2 Å². The van der Waals surface area contributed by atoms with Crippen molar-refractivity contribution in [3.63, 3.8) is 0 Å². The summed E-state index contributed by atoms with van der Waals surface area (Å²) in [6.07, 6.45) is 9.45. The third-order valence-corrected chi connectivity index (χ3v) is 15.2. The van der Waals surface area contributed by atoms with Gasteiger partial charge in [0.05, 0.1) is 31.9 Å². The Bertz CT molecular complexity index is 2940. The highest BCUT2D eigenvalue weighted by atomic mass is 16.5. The number of aromatic nitrogens is 2. The molecule has 68 heavy (non-hydrogen) atoms. The van der Waals surface area contributed by atoms with Gasteiger partial charge in [-0.15, -0.1) is 0 Å². The van der Waals surface area contributed by atoms with Crippen molar-refractivity contribution in [3.05, 3.63) is 156 Å². The maximum atomic E-state index is 6.62. The molecule has 0 saturated heterocycles. The van der Waals surface area contributed by atoms with E-state index in [0.29, 0.717) is 11.8 Å². The van der Waals surface area contributed by atoms with Gasteiger partial charge in [-0.2, -0.15) is 0 Å². The number of benzene rings is 7. The van der Waals surface area contributed by atoms with E-state index in [0.717, 1.165) is 60.1 Å². The first kappa shape index (κ1) is 48.4. The summed E-state index contributed by atoms with van der Waals surface area (Å²) in [6.45, 7) is 20.1. The van der Waals surface area contributed by atoms with E-state index in [-0.39, 0.29) is 10.8 Å². The van der Waals surface area contributed by atoms with Crippen molar-refractivity contribution in [2.45, 2.75) is 124 Å². The van der Waals surface area contributed by atoms with Crippen molar-refractivity contribution in [3.8, 4) is 39.8 Å². The molecule has 2 atom stereocenters. The number of hydrogen-bond donors (Lipinski definition) is 0.